The van der Waals surface area contributed by atoms with Gasteiger partial charge in [0, 0.05) is 10.8 Å². The number of hydrogen-bond acceptors (Lipinski definition) is 5. The Morgan fingerprint density at radius 1 is 1.50 bits per heavy atom. The molecule has 2 N–H and O–H groups in total. The number of nitrogens with zero attached hydrogens (tertiary/aromatic N) is 1. The van der Waals surface area contributed by atoms with Crippen LogP contribution in [0.1, 0.15) is 34.2 Å². The van der Waals surface area contributed by atoms with Gasteiger partial charge in [0.1, 0.15) is 10.7 Å². The second kappa shape index (κ2) is 5.01. The number of thiazole rings is 1. The molecule has 2 heterocycles. The third-order valence-corrected chi connectivity index (χ3v) is 4.21. The summed E-state index contributed by atoms with van der Waals surface area (Å²) in [6, 6.07) is 6.86. The first-order chi connectivity index (χ1) is 9.56. The topological polar surface area (TPSA) is 69.1 Å². The van der Waals surface area contributed by atoms with Crippen molar-refractivity contribution in [3.63, 3.8) is 0 Å². The van der Waals surface area contributed by atoms with Crippen LogP contribution in [0.15, 0.2) is 34.1 Å². The van der Waals surface area contributed by atoms with E-state index in [1.807, 2.05) is 19.1 Å². The first-order valence-corrected chi connectivity index (χ1v) is 7.26. The maximum atomic E-state index is 12.3. The summed E-state index contributed by atoms with van der Waals surface area (Å²) < 4.78 is 5.54. The minimum Gasteiger partial charge on any atom is -0.451 e. The lowest BCUT2D eigenvalue weighted by molar-refractivity contribution is 0.101. The molecule has 20 heavy (non-hydrogen) atoms. The van der Waals surface area contributed by atoms with Crippen LogP contribution in [0, 0.1) is 0 Å². The number of hydrogen-bond donors (Lipinski definition) is 1. The number of carbonyl (C=O) groups is 1. The number of benzene rings is 1. The van der Waals surface area contributed by atoms with Gasteiger partial charge in [-0.15, -0.1) is 11.3 Å². The van der Waals surface area contributed by atoms with Crippen LogP contribution in [0.4, 0.5) is 0 Å². The second-order valence-electron chi connectivity index (χ2n) is 4.46. The molecule has 0 bridgehead atoms. The van der Waals surface area contributed by atoms with Gasteiger partial charge in [0.15, 0.2) is 11.3 Å². The molecule has 0 amide bonds. The van der Waals surface area contributed by atoms with Crippen molar-refractivity contribution in [2.24, 2.45) is 5.73 Å². The first-order valence-electron chi connectivity index (χ1n) is 6.00. The highest BCUT2D eigenvalue weighted by atomic mass is 35.5. The number of fused-ring (bicyclic) bond motifs is 1. The van der Waals surface area contributed by atoms with E-state index in [4.69, 9.17) is 21.8 Å². The molecule has 1 atom stereocenters. The molecule has 0 aliphatic rings. The van der Waals surface area contributed by atoms with E-state index < -0.39 is 0 Å². The van der Waals surface area contributed by atoms with Gasteiger partial charge < -0.3 is 10.2 Å². The Bertz CT molecular complexity index is 791. The Kier molecular flexibility index (Phi) is 3.33. The zero-order valence-electron chi connectivity index (χ0n) is 10.6. The average molecular weight is 307 g/mol. The molecule has 1 aromatic carbocycles. The average Bonchev–Trinajstić information content (AvgIpc) is 3.05. The molecule has 0 aliphatic carbocycles. The largest absolute Gasteiger partial charge is 0.451 e. The van der Waals surface area contributed by atoms with Gasteiger partial charge in [-0.3, -0.25) is 4.79 Å². The summed E-state index contributed by atoms with van der Waals surface area (Å²) in [5, 5.41) is 3.69. The van der Waals surface area contributed by atoms with Crippen molar-refractivity contribution >= 4 is 39.7 Å². The number of aromatic nitrogens is 1. The molecule has 0 spiro atoms. The molecule has 6 heteroatoms. The van der Waals surface area contributed by atoms with Crippen molar-refractivity contribution in [2.45, 2.75) is 13.0 Å². The number of furan rings is 1. The molecular weight excluding hydrogens is 296 g/mol. The second-order valence-corrected chi connectivity index (χ2v) is 5.75. The van der Waals surface area contributed by atoms with E-state index in [9.17, 15) is 4.79 Å². The van der Waals surface area contributed by atoms with Crippen molar-refractivity contribution < 1.29 is 9.21 Å². The Hall–Kier alpha value is -1.69. The van der Waals surface area contributed by atoms with Gasteiger partial charge in [0.2, 0.25) is 5.78 Å². The van der Waals surface area contributed by atoms with E-state index in [2.05, 4.69) is 4.98 Å². The lowest BCUT2D eigenvalue weighted by atomic mass is 10.2. The number of rotatable bonds is 3. The van der Waals surface area contributed by atoms with E-state index in [0.29, 0.717) is 16.3 Å². The Labute approximate surface area is 124 Å². The fraction of sp³-hybridized carbons (Fsp3) is 0.143. The molecule has 0 saturated carbocycles. The summed E-state index contributed by atoms with van der Waals surface area (Å²) >= 11 is 7.40. The van der Waals surface area contributed by atoms with E-state index >= 15 is 0 Å². The van der Waals surface area contributed by atoms with E-state index in [1.165, 1.54) is 11.3 Å². The molecule has 0 fully saturated rings. The Morgan fingerprint density at radius 2 is 2.30 bits per heavy atom. The number of ketones is 1. The monoisotopic (exact) mass is 306 g/mol. The Morgan fingerprint density at radius 3 is 2.95 bits per heavy atom. The van der Waals surface area contributed by atoms with Crippen molar-refractivity contribution in [1.82, 2.24) is 4.98 Å². The molecule has 0 aliphatic heterocycles. The number of nitrogens with two attached hydrogens (primary N) is 1. The molecule has 3 rings (SSSR count). The molecule has 2 aromatic heterocycles. The summed E-state index contributed by atoms with van der Waals surface area (Å²) in [6.45, 7) is 1.83. The van der Waals surface area contributed by atoms with Crippen LogP contribution < -0.4 is 5.73 Å². The van der Waals surface area contributed by atoms with E-state index in [1.54, 1.807) is 17.5 Å². The van der Waals surface area contributed by atoms with Gasteiger partial charge in [-0.2, -0.15) is 0 Å². The lowest BCUT2D eigenvalue weighted by Crippen LogP contribution is -2.06. The molecule has 0 saturated heterocycles. The maximum Gasteiger partial charge on any atom is 0.247 e. The van der Waals surface area contributed by atoms with Gasteiger partial charge in [0.05, 0.1) is 11.1 Å². The van der Waals surface area contributed by atoms with Crippen molar-refractivity contribution in [2.75, 3.05) is 0 Å². The van der Waals surface area contributed by atoms with Crippen molar-refractivity contribution in [3.05, 3.63) is 51.1 Å². The zero-order chi connectivity index (χ0) is 14.3. The van der Waals surface area contributed by atoms with Crippen LogP contribution in [-0.4, -0.2) is 10.8 Å². The standard InChI is InChI=1S/C14H11ClN2O2S/c1-7(16)14-17-10(6-20-14)12(18)11-5-8-3-2-4-9(15)13(8)19-11/h2-7H,16H2,1H3. The molecule has 4 nitrogen and oxygen atoms in total. The first kappa shape index (κ1) is 13.3. The van der Waals surface area contributed by atoms with Crippen LogP contribution in [0.25, 0.3) is 11.0 Å². The summed E-state index contributed by atoms with van der Waals surface area (Å²) in [5.74, 6) is -0.0324. The fourth-order valence-electron chi connectivity index (χ4n) is 1.87. The van der Waals surface area contributed by atoms with E-state index in [0.717, 1.165) is 10.4 Å². The molecule has 0 radical (unpaired) electrons. The quantitative estimate of drug-likeness (QED) is 0.747. The minimum absolute atomic E-state index is 0.188. The van der Waals surface area contributed by atoms with E-state index in [-0.39, 0.29) is 17.6 Å². The summed E-state index contributed by atoms with van der Waals surface area (Å²) in [7, 11) is 0. The molecule has 3 aromatic rings. The van der Waals surface area contributed by atoms with Gasteiger partial charge in [-0.1, -0.05) is 23.7 Å². The third kappa shape index (κ3) is 2.24. The summed E-state index contributed by atoms with van der Waals surface area (Å²) in [6.07, 6.45) is 0. The van der Waals surface area contributed by atoms with Crippen LogP contribution in [0.2, 0.25) is 5.02 Å². The van der Waals surface area contributed by atoms with Crippen molar-refractivity contribution in [1.29, 1.82) is 0 Å². The van der Waals surface area contributed by atoms with Crippen molar-refractivity contribution in [3.8, 4) is 0 Å². The normalized spacial score (nSPS) is 12.8. The molecular formula is C14H11ClN2O2S. The summed E-state index contributed by atoms with van der Waals surface area (Å²) in [4.78, 5) is 16.6. The third-order valence-electron chi connectivity index (χ3n) is 2.86. The smallest absolute Gasteiger partial charge is 0.247 e. The highest BCUT2D eigenvalue weighted by Gasteiger charge is 2.19. The molecule has 1 unspecified atom stereocenters. The number of carbonyl (C=O) groups excluding carboxylic acids is 1. The van der Waals surface area contributed by atoms with Gasteiger partial charge >= 0.3 is 0 Å². The predicted octanol–water partition coefficient (Wildman–Crippen LogP) is 3.79. The SMILES string of the molecule is CC(N)c1nc(C(=O)c2cc3cccc(Cl)c3o2)cs1. The fourth-order valence-corrected chi connectivity index (χ4v) is 2.84. The number of halogens is 1. The highest BCUT2D eigenvalue weighted by molar-refractivity contribution is 7.09. The van der Waals surface area contributed by atoms with Gasteiger partial charge in [-0.05, 0) is 19.1 Å². The van der Waals surface area contributed by atoms with Crippen LogP contribution in [0.3, 0.4) is 0 Å². The minimum atomic E-state index is -0.264. The zero-order valence-corrected chi connectivity index (χ0v) is 12.2. The van der Waals surface area contributed by atoms with Gasteiger partial charge in [-0.25, -0.2) is 4.98 Å². The highest BCUT2D eigenvalue weighted by Crippen LogP contribution is 2.28. The molecule has 102 valence electrons. The Balaban J connectivity index is 2.01. The number of para-hydroxylation sites is 1. The van der Waals surface area contributed by atoms with Crippen LogP contribution >= 0.6 is 22.9 Å². The van der Waals surface area contributed by atoms with Crippen LogP contribution in [0.5, 0.6) is 0 Å². The lowest BCUT2D eigenvalue weighted by Gasteiger charge is -1.96. The van der Waals surface area contributed by atoms with Gasteiger partial charge in [0.25, 0.3) is 0 Å². The predicted molar refractivity (Wildman–Crippen MR) is 79.4 cm³/mol. The summed E-state index contributed by atoms with van der Waals surface area (Å²) in [5.41, 5.74) is 6.60. The van der Waals surface area contributed by atoms with Crippen LogP contribution in [-0.2, 0) is 0 Å². The maximum absolute atomic E-state index is 12.3.